The van der Waals surface area contributed by atoms with Crippen molar-refractivity contribution in [3.8, 4) is 6.19 Å². The Morgan fingerprint density at radius 3 is 2.26 bits per heavy atom. The summed E-state index contributed by atoms with van der Waals surface area (Å²) in [6.45, 7) is -0.488. The molecule has 1 saturated heterocycles. The number of benzene rings is 1. The van der Waals surface area contributed by atoms with Gasteiger partial charge in [-0.05, 0) is 49.6 Å². The zero-order valence-electron chi connectivity index (χ0n) is 22.2. The highest BCUT2D eigenvalue weighted by Gasteiger charge is 2.65. The summed E-state index contributed by atoms with van der Waals surface area (Å²) in [5.74, 6) is -6.47. The first-order valence-corrected chi connectivity index (χ1v) is 14.9. The molecule has 1 aromatic heterocycles. The van der Waals surface area contributed by atoms with Crippen LogP contribution in [0.5, 0.6) is 0 Å². The Hall–Kier alpha value is -3.94. The summed E-state index contributed by atoms with van der Waals surface area (Å²) in [6, 6.07) is -2.25. The van der Waals surface area contributed by atoms with Gasteiger partial charge >= 0.3 is 10.2 Å². The highest BCUT2D eigenvalue weighted by Crippen LogP contribution is 3.02. The van der Waals surface area contributed by atoms with Crippen molar-refractivity contribution in [2.75, 3.05) is 11.4 Å². The van der Waals surface area contributed by atoms with E-state index >= 15 is 0 Å². The SMILES string of the molecule is N#CN1CC(=O)CCC1C(=O)N(c1ccc(S(F)(F)(F)(F)F)cc1)C(C(=O)NC1CCC(F)(F)CC1)c1cncc(F)c1. The molecule has 2 unspecified atom stereocenters. The molecular formula is C26H25F8N5O3S. The highest BCUT2D eigenvalue weighted by atomic mass is 32.5. The number of ketones is 1. The van der Waals surface area contributed by atoms with Crippen molar-refractivity contribution in [2.45, 2.75) is 67.5 Å². The number of hydrogen-bond acceptors (Lipinski definition) is 6. The van der Waals surface area contributed by atoms with Crippen molar-refractivity contribution in [1.82, 2.24) is 15.2 Å². The van der Waals surface area contributed by atoms with E-state index in [2.05, 4.69) is 10.3 Å². The maximum atomic E-state index is 14.3. The third-order valence-corrected chi connectivity index (χ3v) is 8.41. The number of nitrogens with zero attached hydrogens (tertiary/aromatic N) is 4. The van der Waals surface area contributed by atoms with E-state index in [1.54, 1.807) is 6.19 Å². The third-order valence-electron chi connectivity index (χ3n) is 7.24. The van der Waals surface area contributed by atoms with Crippen LogP contribution in [0, 0.1) is 17.3 Å². The summed E-state index contributed by atoms with van der Waals surface area (Å²) in [4.78, 5) is 42.5. The number of halogens is 8. The maximum Gasteiger partial charge on any atom is 0.310 e. The average molecular weight is 640 g/mol. The lowest BCUT2D eigenvalue weighted by atomic mass is 9.91. The van der Waals surface area contributed by atoms with Crippen molar-refractivity contribution in [3.05, 3.63) is 54.1 Å². The van der Waals surface area contributed by atoms with Crippen molar-refractivity contribution >= 4 is 33.5 Å². The van der Waals surface area contributed by atoms with E-state index in [1.165, 1.54) is 0 Å². The number of Topliss-reactive ketones (excluding diaryl/α,β-unsaturated/α-hetero) is 1. The summed E-state index contributed by atoms with van der Waals surface area (Å²) in [7, 11) is -10.2. The van der Waals surface area contributed by atoms with Gasteiger partial charge in [0.2, 0.25) is 11.8 Å². The first kappa shape index (κ1) is 32.0. The smallest absolute Gasteiger partial charge is 0.310 e. The fourth-order valence-electron chi connectivity index (χ4n) is 5.08. The molecular weight excluding hydrogens is 614 g/mol. The van der Waals surface area contributed by atoms with Gasteiger partial charge in [0.15, 0.2) is 12.0 Å². The number of nitrogens with one attached hydrogen (secondary N) is 1. The number of anilines is 1. The number of likely N-dealkylation sites (tertiary alicyclic amines) is 1. The summed E-state index contributed by atoms with van der Waals surface area (Å²) in [5.41, 5.74) is -0.802. The van der Waals surface area contributed by atoms with Gasteiger partial charge < -0.3 is 5.32 Å². The predicted octanol–water partition coefficient (Wildman–Crippen LogP) is 6.16. The summed E-state index contributed by atoms with van der Waals surface area (Å²) >= 11 is 0. The normalized spacial score (nSPS) is 21.6. The minimum absolute atomic E-state index is 0.0195. The second kappa shape index (κ2) is 10.6. The van der Waals surface area contributed by atoms with Gasteiger partial charge in [0.1, 0.15) is 22.8 Å². The number of rotatable bonds is 7. The molecule has 17 heteroatoms. The Balaban J connectivity index is 1.83. The Bertz CT molecular complexity index is 1460. The van der Waals surface area contributed by atoms with Gasteiger partial charge in [0.25, 0.3) is 5.91 Å². The Morgan fingerprint density at radius 2 is 1.70 bits per heavy atom. The maximum absolute atomic E-state index is 14.3. The molecule has 2 atom stereocenters. The number of piperidine rings is 1. The summed E-state index contributed by atoms with van der Waals surface area (Å²) < 4.78 is 109. The van der Waals surface area contributed by atoms with Gasteiger partial charge in [-0.2, -0.15) is 5.26 Å². The van der Waals surface area contributed by atoms with Gasteiger partial charge in [0.05, 0.1) is 12.7 Å². The fourth-order valence-corrected chi connectivity index (χ4v) is 5.73. The monoisotopic (exact) mass is 639 g/mol. The number of amides is 2. The van der Waals surface area contributed by atoms with Gasteiger partial charge in [-0.25, -0.2) is 13.2 Å². The van der Waals surface area contributed by atoms with Crippen LogP contribution in [-0.4, -0.2) is 52.0 Å². The van der Waals surface area contributed by atoms with E-state index in [1.807, 2.05) is 0 Å². The molecule has 43 heavy (non-hydrogen) atoms. The van der Waals surface area contributed by atoms with Crippen LogP contribution in [0.3, 0.4) is 0 Å². The second-order valence-corrected chi connectivity index (χ2v) is 12.9. The average Bonchev–Trinajstić information content (AvgIpc) is 2.91. The van der Waals surface area contributed by atoms with Gasteiger partial charge in [-0.1, -0.05) is 19.4 Å². The van der Waals surface area contributed by atoms with Crippen molar-refractivity contribution in [3.63, 3.8) is 0 Å². The van der Waals surface area contributed by atoms with Gasteiger partial charge in [0, 0.05) is 42.8 Å². The minimum Gasteiger partial charge on any atom is -0.351 e. The second-order valence-electron chi connectivity index (χ2n) is 10.5. The van der Waals surface area contributed by atoms with Gasteiger partial charge in [-0.3, -0.25) is 29.2 Å². The molecule has 1 saturated carbocycles. The lowest BCUT2D eigenvalue weighted by Gasteiger charge is -2.41. The molecule has 0 spiro atoms. The number of alkyl halides is 2. The zero-order valence-corrected chi connectivity index (χ0v) is 23.0. The van der Waals surface area contributed by atoms with Crippen LogP contribution in [0.1, 0.15) is 50.1 Å². The molecule has 234 valence electrons. The molecule has 1 aromatic carbocycles. The molecule has 8 nitrogen and oxygen atoms in total. The van der Waals surface area contributed by atoms with E-state index in [0.29, 0.717) is 17.0 Å². The standard InChI is InChI=1S/C26H25F8N5O3S/c27-17-11-16(12-36-13-17)23(24(41)37-18-7-9-26(28,29)10-8-18)39(25(42)22-6-3-20(40)14-38(22)15-35)19-1-4-21(5-2-19)43(30,31,32,33)34/h1-2,4-5,11-13,18,22-23H,3,6-10,14H2,(H,37,41). The Kier molecular flexibility index (Phi) is 7.92. The third kappa shape index (κ3) is 7.53. The molecule has 1 aliphatic heterocycles. The molecule has 2 aliphatic rings. The number of pyridine rings is 1. The van der Waals surface area contributed by atoms with Crippen LogP contribution in [0.4, 0.5) is 38.3 Å². The van der Waals surface area contributed by atoms with Crippen molar-refractivity contribution in [1.29, 1.82) is 5.26 Å². The Morgan fingerprint density at radius 1 is 1.07 bits per heavy atom. The van der Waals surface area contributed by atoms with Crippen LogP contribution >= 0.6 is 10.2 Å². The molecule has 0 radical (unpaired) electrons. The first-order chi connectivity index (χ1) is 19.8. The molecule has 2 fully saturated rings. The van der Waals surface area contributed by atoms with Crippen LogP contribution in [0.2, 0.25) is 0 Å². The zero-order chi connectivity index (χ0) is 31.9. The van der Waals surface area contributed by atoms with Crippen molar-refractivity contribution < 1.29 is 47.0 Å². The van der Waals surface area contributed by atoms with E-state index < -0.39 is 87.7 Å². The molecule has 2 aromatic rings. The van der Waals surface area contributed by atoms with Crippen LogP contribution in [0.25, 0.3) is 0 Å². The summed E-state index contributed by atoms with van der Waals surface area (Å²) in [5, 5.41) is 12.1. The van der Waals surface area contributed by atoms with Crippen LogP contribution in [-0.2, 0) is 14.4 Å². The highest BCUT2D eigenvalue weighted by molar-refractivity contribution is 8.45. The van der Waals surface area contributed by atoms with Crippen LogP contribution in [0.15, 0.2) is 47.6 Å². The van der Waals surface area contributed by atoms with Crippen molar-refractivity contribution in [2.24, 2.45) is 0 Å². The predicted molar refractivity (Wildman–Crippen MR) is 138 cm³/mol. The van der Waals surface area contributed by atoms with E-state index in [-0.39, 0.29) is 43.4 Å². The fraction of sp³-hybridized carbons (Fsp3) is 0.423. The Labute approximate surface area is 240 Å². The number of nitriles is 1. The lowest BCUT2D eigenvalue weighted by molar-refractivity contribution is -0.132. The number of carbonyl (C=O) groups is 3. The molecule has 2 amide bonds. The quantitative estimate of drug-likeness (QED) is 0.287. The van der Waals surface area contributed by atoms with Crippen LogP contribution < -0.4 is 10.2 Å². The minimum atomic E-state index is -10.2. The first-order valence-electron chi connectivity index (χ1n) is 12.9. The van der Waals surface area contributed by atoms with E-state index in [0.717, 1.165) is 23.4 Å². The van der Waals surface area contributed by atoms with Gasteiger partial charge in [-0.15, -0.1) is 0 Å². The molecule has 0 bridgehead atoms. The van der Waals surface area contributed by atoms with E-state index in [4.69, 9.17) is 0 Å². The molecule has 1 N–H and O–H groups in total. The topological polar surface area (TPSA) is 106 Å². The number of aromatic nitrogens is 1. The molecule has 1 aliphatic carbocycles. The largest absolute Gasteiger partial charge is 0.351 e. The number of hydrogen-bond donors (Lipinski definition) is 1. The molecule has 4 rings (SSSR count). The molecule has 2 heterocycles. The summed E-state index contributed by atoms with van der Waals surface area (Å²) in [6.07, 6.45) is 1.58. The van der Waals surface area contributed by atoms with E-state index in [9.17, 15) is 52.2 Å². The number of carbonyl (C=O) groups excluding carboxylic acids is 3. The lowest BCUT2D eigenvalue weighted by Crippen LogP contribution is -2.55.